The van der Waals surface area contributed by atoms with Gasteiger partial charge in [0.25, 0.3) is 0 Å². The van der Waals surface area contributed by atoms with Gasteiger partial charge in [0.15, 0.2) is 0 Å². The molecule has 0 radical (unpaired) electrons. The van der Waals surface area contributed by atoms with Crippen molar-refractivity contribution >= 4 is 10.9 Å². The van der Waals surface area contributed by atoms with Crippen molar-refractivity contribution < 1.29 is 0 Å². The van der Waals surface area contributed by atoms with Gasteiger partial charge in [-0.2, -0.15) is 5.10 Å². The highest BCUT2D eigenvalue weighted by Gasteiger charge is 2.10. The molecular weight excluding hydrogens is 234 g/mol. The zero-order valence-electron chi connectivity index (χ0n) is 12.5. The van der Waals surface area contributed by atoms with Gasteiger partial charge in [-0.05, 0) is 32.3 Å². The molecule has 104 valence electrons. The summed E-state index contributed by atoms with van der Waals surface area (Å²) < 4.78 is 2.08. The van der Waals surface area contributed by atoms with Gasteiger partial charge in [-0.25, -0.2) is 0 Å². The topological polar surface area (TPSA) is 29.9 Å². The molecule has 1 aromatic heterocycles. The zero-order valence-corrected chi connectivity index (χ0v) is 12.5. The first-order valence-corrected chi connectivity index (χ1v) is 7.29. The predicted molar refractivity (Wildman–Crippen MR) is 81.2 cm³/mol. The Labute approximate surface area is 116 Å². The van der Waals surface area contributed by atoms with Crippen LogP contribution < -0.4 is 5.32 Å². The maximum absolute atomic E-state index is 4.71. The lowest BCUT2D eigenvalue weighted by atomic mass is 10.1. The van der Waals surface area contributed by atoms with Crippen LogP contribution in [-0.4, -0.2) is 15.8 Å². The van der Waals surface area contributed by atoms with Crippen LogP contribution in [0, 0.1) is 5.92 Å². The summed E-state index contributed by atoms with van der Waals surface area (Å²) in [4.78, 5) is 0. The van der Waals surface area contributed by atoms with Crippen LogP contribution in [0.1, 0.15) is 39.8 Å². The summed E-state index contributed by atoms with van der Waals surface area (Å²) >= 11 is 0. The van der Waals surface area contributed by atoms with Gasteiger partial charge in [-0.3, -0.25) is 4.68 Å². The van der Waals surface area contributed by atoms with E-state index in [2.05, 4.69) is 62.0 Å². The Balaban J connectivity index is 2.12. The molecule has 1 aromatic carbocycles. The number of fused-ring (bicyclic) bond motifs is 1. The minimum atomic E-state index is 0.533. The van der Waals surface area contributed by atoms with Crippen LogP contribution in [0.4, 0.5) is 0 Å². The molecule has 1 unspecified atom stereocenters. The second kappa shape index (κ2) is 6.20. The second-order valence-corrected chi connectivity index (χ2v) is 5.69. The molecule has 1 N–H and O–H groups in total. The minimum absolute atomic E-state index is 0.533. The molecule has 2 rings (SSSR count). The van der Waals surface area contributed by atoms with Gasteiger partial charge in [-0.1, -0.05) is 32.0 Å². The summed E-state index contributed by atoms with van der Waals surface area (Å²) in [7, 11) is 0. The van der Waals surface area contributed by atoms with E-state index in [1.165, 1.54) is 17.3 Å². The van der Waals surface area contributed by atoms with E-state index in [0.29, 0.717) is 6.04 Å². The summed E-state index contributed by atoms with van der Waals surface area (Å²) in [5.41, 5.74) is 2.39. The molecule has 3 heteroatoms. The molecule has 3 nitrogen and oxygen atoms in total. The maximum Gasteiger partial charge on any atom is 0.0841 e. The monoisotopic (exact) mass is 259 g/mol. The van der Waals surface area contributed by atoms with Gasteiger partial charge in [0.05, 0.1) is 11.2 Å². The largest absolute Gasteiger partial charge is 0.309 e. The van der Waals surface area contributed by atoms with Crippen LogP contribution in [-0.2, 0) is 13.1 Å². The first kappa shape index (κ1) is 14.1. The summed E-state index contributed by atoms with van der Waals surface area (Å²) in [5, 5.41) is 9.57. The molecule has 0 spiro atoms. The molecule has 19 heavy (non-hydrogen) atoms. The van der Waals surface area contributed by atoms with Gasteiger partial charge >= 0.3 is 0 Å². The minimum Gasteiger partial charge on any atom is -0.309 e. The molecular formula is C16H25N3. The Morgan fingerprint density at radius 3 is 2.63 bits per heavy atom. The van der Waals surface area contributed by atoms with Crippen molar-refractivity contribution in [2.75, 3.05) is 0 Å². The molecule has 0 fully saturated rings. The fraction of sp³-hybridized carbons (Fsp3) is 0.562. The Morgan fingerprint density at radius 1 is 1.21 bits per heavy atom. The summed E-state index contributed by atoms with van der Waals surface area (Å²) in [5.74, 6) is 0.729. The van der Waals surface area contributed by atoms with Crippen molar-refractivity contribution in [3.8, 4) is 0 Å². The van der Waals surface area contributed by atoms with Crippen molar-refractivity contribution in [3.63, 3.8) is 0 Å². The van der Waals surface area contributed by atoms with E-state index in [9.17, 15) is 0 Å². The zero-order chi connectivity index (χ0) is 13.8. The molecule has 0 aliphatic rings. The van der Waals surface area contributed by atoms with Crippen molar-refractivity contribution in [1.82, 2.24) is 15.1 Å². The van der Waals surface area contributed by atoms with Gasteiger partial charge in [-0.15, -0.1) is 0 Å². The molecule has 0 saturated heterocycles. The van der Waals surface area contributed by atoms with E-state index in [1.807, 2.05) is 0 Å². The number of nitrogens with zero attached hydrogens (tertiary/aromatic N) is 2. The second-order valence-electron chi connectivity index (χ2n) is 5.69. The average molecular weight is 259 g/mol. The average Bonchev–Trinajstić information content (AvgIpc) is 2.74. The lowest BCUT2D eigenvalue weighted by molar-refractivity contribution is 0.438. The third kappa shape index (κ3) is 3.35. The van der Waals surface area contributed by atoms with E-state index in [4.69, 9.17) is 5.10 Å². The van der Waals surface area contributed by atoms with Gasteiger partial charge in [0.1, 0.15) is 0 Å². The first-order valence-electron chi connectivity index (χ1n) is 7.29. The lowest BCUT2D eigenvalue weighted by Crippen LogP contribution is -2.27. The molecule has 0 aliphatic carbocycles. The third-order valence-corrected chi connectivity index (χ3v) is 3.48. The van der Waals surface area contributed by atoms with Gasteiger partial charge in [0, 0.05) is 24.5 Å². The molecule has 0 saturated carbocycles. The number of rotatable bonds is 6. The van der Waals surface area contributed by atoms with Crippen molar-refractivity contribution in [1.29, 1.82) is 0 Å². The van der Waals surface area contributed by atoms with Crippen molar-refractivity contribution in [2.45, 2.75) is 53.2 Å². The Hall–Kier alpha value is -1.35. The van der Waals surface area contributed by atoms with E-state index in [-0.39, 0.29) is 0 Å². The molecule has 0 bridgehead atoms. The van der Waals surface area contributed by atoms with Crippen LogP contribution >= 0.6 is 0 Å². The standard InChI is InChI=1S/C16H25N3/c1-5-19-16-9-7-6-8-14(16)15(18-19)11-17-13(4)10-12(2)3/h6-9,12-13,17H,5,10-11H2,1-4H3. The van der Waals surface area contributed by atoms with Crippen LogP contribution in [0.5, 0.6) is 0 Å². The van der Waals surface area contributed by atoms with Crippen molar-refractivity contribution in [3.05, 3.63) is 30.0 Å². The van der Waals surface area contributed by atoms with Crippen LogP contribution in [0.15, 0.2) is 24.3 Å². The highest BCUT2D eigenvalue weighted by molar-refractivity contribution is 5.81. The van der Waals surface area contributed by atoms with E-state index < -0.39 is 0 Å². The number of aryl methyl sites for hydroxylation is 1. The Bertz CT molecular complexity index is 528. The van der Waals surface area contributed by atoms with E-state index in [1.54, 1.807) is 0 Å². The molecule has 1 heterocycles. The number of benzene rings is 1. The number of hydrogen-bond acceptors (Lipinski definition) is 2. The highest BCUT2D eigenvalue weighted by atomic mass is 15.3. The van der Waals surface area contributed by atoms with Crippen molar-refractivity contribution in [2.24, 2.45) is 5.92 Å². The van der Waals surface area contributed by atoms with Gasteiger partial charge in [0.2, 0.25) is 0 Å². The number of aromatic nitrogens is 2. The van der Waals surface area contributed by atoms with E-state index in [0.717, 1.165) is 24.7 Å². The van der Waals surface area contributed by atoms with Crippen LogP contribution in [0.3, 0.4) is 0 Å². The number of para-hydroxylation sites is 1. The summed E-state index contributed by atoms with van der Waals surface area (Å²) in [6.07, 6.45) is 1.20. The summed E-state index contributed by atoms with van der Waals surface area (Å²) in [6, 6.07) is 9.01. The highest BCUT2D eigenvalue weighted by Crippen LogP contribution is 2.18. The molecule has 0 aliphatic heterocycles. The third-order valence-electron chi connectivity index (χ3n) is 3.48. The van der Waals surface area contributed by atoms with Crippen LogP contribution in [0.2, 0.25) is 0 Å². The van der Waals surface area contributed by atoms with Crippen LogP contribution in [0.25, 0.3) is 10.9 Å². The molecule has 1 atom stereocenters. The quantitative estimate of drug-likeness (QED) is 0.859. The fourth-order valence-corrected chi connectivity index (χ4v) is 2.63. The molecule has 0 amide bonds. The Morgan fingerprint density at radius 2 is 1.95 bits per heavy atom. The lowest BCUT2D eigenvalue weighted by Gasteiger charge is -2.15. The summed E-state index contributed by atoms with van der Waals surface area (Å²) in [6.45, 7) is 10.7. The predicted octanol–water partition coefficient (Wildman–Crippen LogP) is 3.58. The maximum atomic E-state index is 4.71. The number of nitrogens with one attached hydrogen (secondary N) is 1. The fourth-order valence-electron chi connectivity index (χ4n) is 2.63. The SMILES string of the molecule is CCn1nc(CNC(C)CC(C)C)c2ccccc21. The smallest absolute Gasteiger partial charge is 0.0841 e. The first-order chi connectivity index (χ1) is 9.11. The number of hydrogen-bond donors (Lipinski definition) is 1. The van der Waals surface area contributed by atoms with Gasteiger partial charge < -0.3 is 5.32 Å². The normalized spacial score (nSPS) is 13.3. The van der Waals surface area contributed by atoms with E-state index >= 15 is 0 Å². The molecule has 2 aromatic rings. The Kier molecular flexibility index (Phi) is 4.59.